The molecule has 0 heterocycles. The Morgan fingerprint density at radius 3 is 2.50 bits per heavy atom. The number of carbonyl (C=O) groups excluding carboxylic acids is 1. The van der Waals surface area contributed by atoms with Crippen LogP contribution in [0.15, 0.2) is 66.2 Å². The maximum atomic E-state index is 12.7. The van der Waals surface area contributed by atoms with E-state index >= 15 is 0 Å². The van der Waals surface area contributed by atoms with Crippen LogP contribution in [0.25, 0.3) is 16.8 Å². The third-order valence-electron chi connectivity index (χ3n) is 4.50. The van der Waals surface area contributed by atoms with Crippen LogP contribution in [0.3, 0.4) is 0 Å². The number of rotatable bonds is 6. The zero-order valence-electron chi connectivity index (χ0n) is 16.0. The molecule has 0 saturated heterocycles. The monoisotopic (exact) mass is 370 g/mol. The van der Waals surface area contributed by atoms with Crippen molar-refractivity contribution in [3.05, 3.63) is 77.4 Å². The van der Waals surface area contributed by atoms with Gasteiger partial charge in [-0.05, 0) is 54.0 Å². The number of hydrogen-bond donors (Lipinski definition) is 1. The molecule has 0 bridgehead atoms. The van der Waals surface area contributed by atoms with E-state index < -0.39 is 5.91 Å². The summed E-state index contributed by atoms with van der Waals surface area (Å²) in [7, 11) is 0. The van der Waals surface area contributed by atoms with Crippen LogP contribution in [0.2, 0.25) is 0 Å². The van der Waals surface area contributed by atoms with E-state index in [-0.39, 0.29) is 5.57 Å². The lowest BCUT2D eigenvalue weighted by molar-refractivity contribution is -0.112. The highest BCUT2D eigenvalue weighted by Gasteiger charge is 2.13. The molecule has 0 fully saturated rings. The van der Waals surface area contributed by atoms with Gasteiger partial charge in [-0.3, -0.25) is 4.79 Å². The summed E-state index contributed by atoms with van der Waals surface area (Å²) in [6.07, 6.45) is 2.53. The van der Waals surface area contributed by atoms with Crippen LogP contribution in [0, 0.1) is 11.3 Å². The van der Waals surface area contributed by atoms with Crippen molar-refractivity contribution in [3.63, 3.8) is 0 Å². The van der Waals surface area contributed by atoms with Gasteiger partial charge in [-0.1, -0.05) is 49.4 Å². The minimum Gasteiger partial charge on any atom is -0.493 e. The van der Waals surface area contributed by atoms with E-state index in [0.29, 0.717) is 18.0 Å². The van der Waals surface area contributed by atoms with E-state index in [0.717, 1.165) is 22.8 Å². The number of amides is 1. The Kier molecular flexibility index (Phi) is 6.08. The number of nitriles is 1. The van der Waals surface area contributed by atoms with Crippen molar-refractivity contribution in [1.82, 2.24) is 0 Å². The minimum absolute atomic E-state index is 0.0249. The molecule has 0 aliphatic rings. The highest BCUT2D eigenvalue weighted by Crippen LogP contribution is 2.30. The van der Waals surface area contributed by atoms with Gasteiger partial charge in [0, 0.05) is 11.3 Å². The molecule has 1 N–H and O–H groups in total. The molecule has 0 aliphatic heterocycles. The topological polar surface area (TPSA) is 62.1 Å². The number of benzene rings is 3. The first-order valence-corrected chi connectivity index (χ1v) is 9.33. The molecule has 0 unspecified atom stereocenters. The third-order valence-corrected chi connectivity index (χ3v) is 4.50. The molecule has 4 heteroatoms. The van der Waals surface area contributed by atoms with Gasteiger partial charge < -0.3 is 10.1 Å². The first-order valence-electron chi connectivity index (χ1n) is 9.33. The van der Waals surface area contributed by atoms with Crippen LogP contribution in [0.5, 0.6) is 5.75 Å². The molecule has 140 valence electrons. The molecule has 0 aromatic heterocycles. The van der Waals surface area contributed by atoms with Crippen LogP contribution >= 0.6 is 0 Å². The molecule has 4 nitrogen and oxygen atoms in total. The van der Waals surface area contributed by atoms with Crippen LogP contribution in [0.1, 0.15) is 25.0 Å². The molecule has 0 aliphatic carbocycles. The molecule has 0 atom stereocenters. The highest BCUT2D eigenvalue weighted by atomic mass is 16.5. The molecule has 0 saturated carbocycles. The van der Waals surface area contributed by atoms with Crippen molar-refractivity contribution < 1.29 is 9.53 Å². The Hall–Kier alpha value is -3.58. The maximum Gasteiger partial charge on any atom is 0.266 e. The second-order valence-electron chi connectivity index (χ2n) is 6.31. The molecular weight excluding hydrogens is 348 g/mol. The highest BCUT2D eigenvalue weighted by molar-refractivity contribution is 6.11. The lowest BCUT2D eigenvalue weighted by Crippen LogP contribution is -2.13. The zero-order valence-corrected chi connectivity index (χ0v) is 16.0. The lowest BCUT2D eigenvalue weighted by Gasteiger charge is -2.11. The first kappa shape index (κ1) is 19.2. The van der Waals surface area contributed by atoms with E-state index in [1.54, 1.807) is 6.08 Å². The Labute approximate surface area is 165 Å². The second-order valence-corrected chi connectivity index (χ2v) is 6.31. The van der Waals surface area contributed by atoms with Gasteiger partial charge in [0.05, 0.1) is 6.61 Å². The second kappa shape index (κ2) is 8.88. The summed E-state index contributed by atoms with van der Waals surface area (Å²) in [6.45, 7) is 4.47. The normalized spacial score (nSPS) is 11.1. The van der Waals surface area contributed by atoms with Gasteiger partial charge in [0.2, 0.25) is 0 Å². The van der Waals surface area contributed by atoms with E-state index in [9.17, 15) is 10.1 Å². The van der Waals surface area contributed by atoms with Crippen molar-refractivity contribution in [2.24, 2.45) is 0 Å². The van der Waals surface area contributed by atoms with Crippen LogP contribution in [-0.4, -0.2) is 12.5 Å². The van der Waals surface area contributed by atoms with Gasteiger partial charge in [-0.25, -0.2) is 0 Å². The summed E-state index contributed by atoms with van der Waals surface area (Å²) in [4.78, 5) is 12.7. The van der Waals surface area contributed by atoms with E-state index in [1.807, 2.05) is 73.7 Å². The number of carbonyl (C=O) groups is 1. The smallest absolute Gasteiger partial charge is 0.266 e. The van der Waals surface area contributed by atoms with Gasteiger partial charge >= 0.3 is 0 Å². The van der Waals surface area contributed by atoms with Gasteiger partial charge in [0.1, 0.15) is 17.4 Å². The van der Waals surface area contributed by atoms with E-state index in [2.05, 4.69) is 12.2 Å². The number of ether oxygens (including phenoxy) is 1. The summed E-state index contributed by atoms with van der Waals surface area (Å²) in [5.41, 5.74) is 2.60. The number of nitrogens with one attached hydrogen (secondary N) is 1. The lowest BCUT2D eigenvalue weighted by atomic mass is 10.0. The number of hydrogen-bond acceptors (Lipinski definition) is 3. The summed E-state index contributed by atoms with van der Waals surface area (Å²) in [5.74, 6) is 0.205. The Bertz CT molecular complexity index is 1060. The molecule has 1 amide bonds. The summed E-state index contributed by atoms with van der Waals surface area (Å²) >= 11 is 0. The fraction of sp³-hybridized carbons (Fsp3) is 0.167. The average Bonchev–Trinajstić information content (AvgIpc) is 2.73. The van der Waals surface area contributed by atoms with Gasteiger partial charge in [-0.2, -0.15) is 5.26 Å². The average molecular weight is 370 g/mol. The third kappa shape index (κ3) is 4.21. The van der Waals surface area contributed by atoms with Gasteiger partial charge in [0.15, 0.2) is 0 Å². The van der Waals surface area contributed by atoms with E-state index in [1.165, 1.54) is 5.56 Å². The first-order chi connectivity index (χ1) is 13.7. The van der Waals surface area contributed by atoms with Crippen LogP contribution in [-0.2, 0) is 11.2 Å². The Morgan fingerprint density at radius 1 is 1.07 bits per heavy atom. The fourth-order valence-corrected chi connectivity index (χ4v) is 3.02. The Morgan fingerprint density at radius 2 is 1.82 bits per heavy atom. The quantitative estimate of drug-likeness (QED) is 0.470. The number of anilines is 1. The van der Waals surface area contributed by atoms with Crippen LogP contribution in [0.4, 0.5) is 5.69 Å². The molecule has 28 heavy (non-hydrogen) atoms. The zero-order chi connectivity index (χ0) is 19.9. The number of fused-ring (bicyclic) bond motifs is 1. The standard InChI is InChI=1S/C24H22N2O2/c1-3-17-9-12-20(13-10-17)26-24(27)19(16-25)15-22-21-8-6-5-7-18(21)11-14-23(22)28-4-2/h5-15H,3-4H2,1-2H3,(H,26,27)/b19-15+. The SMILES string of the molecule is CCOc1ccc2ccccc2c1/C=C(\C#N)C(=O)Nc1ccc(CC)cc1. The predicted molar refractivity (Wildman–Crippen MR) is 113 cm³/mol. The van der Waals surface area contributed by atoms with Crippen molar-refractivity contribution in [2.45, 2.75) is 20.3 Å². The summed E-state index contributed by atoms with van der Waals surface area (Å²) < 4.78 is 5.73. The van der Waals surface area contributed by atoms with Crippen molar-refractivity contribution >= 4 is 28.4 Å². The van der Waals surface area contributed by atoms with Crippen molar-refractivity contribution in [3.8, 4) is 11.8 Å². The van der Waals surface area contributed by atoms with Crippen molar-refractivity contribution in [2.75, 3.05) is 11.9 Å². The van der Waals surface area contributed by atoms with Crippen LogP contribution < -0.4 is 10.1 Å². The van der Waals surface area contributed by atoms with Gasteiger partial charge in [-0.15, -0.1) is 0 Å². The molecule has 3 aromatic carbocycles. The molecular formula is C24H22N2O2. The molecule has 0 spiro atoms. The van der Waals surface area contributed by atoms with Gasteiger partial charge in [0.25, 0.3) is 5.91 Å². The van der Waals surface area contributed by atoms with Crippen molar-refractivity contribution in [1.29, 1.82) is 5.26 Å². The number of aryl methyl sites for hydroxylation is 1. The largest absolute Gasteiger partial charge is 0.493 e. The predicted octanol–water partition coefficient (Wildman–Crippen LogP) is 5.35. The fourth-order valence-electron chi connectivity index (χ4n) is 3.02. The summed E-state index contributed by atoms with van der Waals surface area (Å²) in [6, 6.07) is 21.3. The Balaban J connectivity index is 1.98. The molecule has 0 radical (unpaired) electrons. The molecule has 3 rings (SSSR count). The summed E-state index contributed by atoms with van der Waals surface area (Å²) in [5, 5.41) is 14.3. The minimum atomic E-state index is -0.442. The maximum absolute atomic E-state index is 12.7. The number of nitrogens with zero attached hydrogens (tertiary/aromatic N) is 1. The molecule has 3 aromatic rings. The van der Waals surface area contributed by atoms with E-state index in [4.69, 9.17) is 4.74 Å².